The van der Waals surface area contributed by atoms with Gasteiger partial charge in [-0.15, -0.1) is 0 Å². The van der Waals surface area contributed by atoms with E-state index in [-0.39, 0.29) is 0 Å². The molecule has 0 radical (unpaired) electrons. The van der Waals surface area contributed by atoms with Crippen molar-refractivity contribution in [1.29, 1.82) is 0 Å². The van der Waals surface area contributed by atoms with Crippen LogP contribution in [-0.2, 0) is 4.74 Å². The van der Waals surface area contributed by atoms with Gasteiger partial charge in [0.05, 0.1) is 29.9 Å². The zero-order chi connectivity index (χ0) is 14.9. The van der Waals surface area contributed by atoms with Crippen LogP contribution in [0.2, 0.25) is 0 Å². The summed E-state index contributed by atoms with van der Waals surface area (Å²) in [4.78, 5) is 14.5. The average molecular weight is 298 g/mol. The Balaban J connectivity index is 1.56. The molecule has 4 rings (SSSR count). The molecule has 2 aliphatic rings. The standard InChI is InChI=1S/C17H22N4O/c1-13-17(19-16-5-3-2-4-15(16)18-13)21-7-6-14(12-21)20-8-10-22-11-9-20/h2-5,14H,6-12H2,1H3. The summed E-state index contributed by atoms with van der Waals surface area (Å²) < 4.78 is 5.46. The van der Waals surface area contributed by atoms with Crippen molar-refractivity contribution in [2.75, 3.05) is 44.3 Å². The van der Waals surface area contributed by atoms with Gasteiger partial charge in [0.1, 0.15) is 0 Å². The molecular weight excluding hydrogens is 276 g/mol. The number of aromatic nitrogens is 2. The summed E-state index contributed by atoms with van der Waals surface area (Å²) in [5.74, 6) is 1.05. The summed E-state index contributed by atoms with van der Waals surface area (Å²) in [5, 5.41) is 0. The van der Waals surface area contributed by atoms with Crippen LogP contribution in [0, 0.1) is 6.92 Å². The largest absolute Gasteiger partial charge is 0.379 e. The number of hydrogen-bond donors (Lipinski definition) is 0. The fourth-order valence-electron chi connectivity index (χ4n) is 3.55. The second-order valence-corrected chi connectivity index (χ2v) is 6.16. The molecule has 3 heterocycles. The molecule has 1 atom stereocenters. The number of aryl methyl sites for hydroxylation is 1. The maximum atomic E-state index is 5.46. The third-order valence-corrected chi connectivity index (χ3v) is 4.74. The van der Waals surface area contributed by atoms with E-state index in [9.17, 15) is 0 Å². The van der Waals surface area contributed by atoms with Gasteiger partial charge >= 0.3 is 0 Å². The van der Waals surface area contributed by atoms with Crippen LogP contribution in [0.25, 0.3) is 11.0 Å². The number of anilines is 1. The number of benzene rings is 1. The molecule has 5 nitrogen and oxygen atoms in total. The van der Waals surface area contributed by atoms with Crippen molar-refractivity contribution in [2.45, 2.75) is 19.4 Å². The molecule has 1 unspecified atom stereocenters. The molecule has 2 fully saturated rings. The highest BCUT2D eigenvalue weighted by Crippen LogP contribution is 2.25. The molecule has 0 spiro atoms. The Morgan fingerprint density at radius 2 is 1.77 bits per heavy atom. The lowest BCUT2D eigenvalue weighted by atomic mass is 10.2. The number of ether oxygens (including phenoxy) is 1. The van der Waals surface area contributed by atoms with E-state index in [2.05, 4.69) is 16.7 Å². The number of rotatable bonds is 2. The van der Waals surface area contributed by atoms with Gasteiger partial charge in [0.15, 0.2) is 5.82 Å². The normalized spacial score (nSPS) is 23.3. The second-order valence-electron chi connectivity index (χ2n) is 6.16. The van der Waals surface area contributed by atoms with E-state index in [4.69, 9.17) is 14.7 Å². The molecule has 0 saturated carbocycles. The predicted molar refractivity (Wildman–Crippen MR) is 87.3 cm³/mol. The summed E-state index contributed by atoms with van der Waals surface area (Å²) >= 11 is 0. The van der Waals surface area contributed by atoms with Gasteiger partial charge in [-0.3, -0.25) is 4.90 Å². The first-order valence-electron chi connectivity index (χ1n) is 8.11. The Kier molecular flexibility index (Phi) is 3.68. The van der Waals surface area contributed by atoms with E-state index < -0.39 is 0 Å². The molecule has 1 aromatic heterocycles. The van der Waals surface area contributed by atoms with Crippen LogP contribution in [-0.4, -0.2) is 60.3 Å². The SMILES string of the molecule is Cc1nc2ccccc2nc1N1CCC(N2CCOCC2)C1. The number of para-hydroxylation sites is 2. The molecule has 116 valence electrons. The van der Waals surface area contributed by atoms with Gasteiger partial charge in [-0.1, -0.05) is 12.1 Å². The van der Waals surface area contributed by atoms with Gasteiger partial charge in [0.25, 0.3) is 0 Å². The highest BCUT2D eigenvalue weighted by Gasteiger charge is 2.30. The first-order valence-corrected chi connectivity index (χ1v) is 8.11. The minimum Gasteiger partial charge on any atom is -0.379 e. The van der Waals surface area contributed by atoms with Gasteiger partial charge in [-0.2, -0.15) is 0 Å². The van der Waals surface area contributed by atoms with Crippen LogP contribution in [0.15, 0.2) is 24.3 Å². The second kappa shape index (κ2) is 5.82. The Morgan fingerprint density at radius 1 is 1.05 bits per heavy atom. The van der Waals surface area contributed by atoms with Gasteiger partial charge in [-0.05, 0) is 25.5 Å². The van der Waals surface area contributed by atoms with E-state index in [1.807, 2.05) is 24.3 Å². The molecular formula is C17H22N4O. The van der Waals surface area contributed by atoms with Crippen molar-refractivity contribution in [3.63, 3.8) is 0 Å². The number of fused-ring (bicyclic) bond motifs is 1. The first kappa shape index (κ1) is 13.9. The number of hydrogen-bond acceptors (Lipinski definition) is 5. The number of nitrogens with zero attached hydrogens (tertiary/aromatic N) is 4. The van der Waals surface area contributed by atoms with E-state index in [1.54, 1.807) is 0 Å². The summed E-state index contributed by atoms with van der Waals surface area (Å²) in [6.07, 6.45) is 1.20. The molecule has 2 aliphatic heterocycles. The van der Waals surface area contributed by atoms with Gasteiger partial charge in [-0.25, -0.2) is 9.97 Å². The molecule has 0 aliphatic carbocycles. The quantitative estimate of drug-likeness (QED) is 0.846. The third kappa shape index (κ3) is 2.55. The van der Waals surface area contributed by atoms with Crippen molar-refractivity contribution >= 4 is 16.9 Å². The van der Waals surface area contributed by atoms with Crippen molar-refractivity contribution in [3.8, 4) is 0 Å². The molecule has 2 aromatic rings. The van der Waals surface area contributed by atoms with Crippen LogP contribution in [0.1, 0.15) is 12.1 Å². The topological polar surface area (TPSA) is 41.5 Å². The van der Waals surface area contributed by atoms with E-state index in [0.717, 1.165) is 61.9 Å². The van der Waals surface area contributed by atoms with E-state index >= 15 is 0 Å². The zero-order valence-corrected chi connectivity index (χ0v) is 13.0. The lowest BCUT2D eigenvalue weighted by Crippen LogP contribution is -2.44. The predicted octanol–water partition coefficient (Wildman–Crippen LogP) is 1.85. The van der Waals surface area contributed by atoms with Crippen molar-refractivity contribution in [2.24, 2.45) is 0 Å². The van der Waals surface area contributed by atoms with Crippen molar-refractivity contribution in [3.05, 3.63) is 30.0 Å². The third-order valence-electron chi connectivity index (χ3n) is 4.74. The monoisotopic (exact) mass is 298 g/mol. The Hall–Kier alpha value is -1.72. The highest BCUT2D eigenvalue weighted by atomic mass is 16.5. The van der Waals surface area contributed by atoms with E-state index in [1.165, 1.54) is 6.42 Å². The summed E-state index contributed by atoms with van der Waals surface area (Å²) in [5.41, 5.74) is 2.99. The lowest BCUT2D eigenvalue weighted by molar-refractivity contribution is 0.0209. The Morgan fingerprint density at radius 3 is 2.55 bits per heavy atom. The summed E-state index contributed by atoms with van der Waals surface area (Å²) in [7, 11) is 0. The molecule has 2 saturated heterocycles. The molecule has 1 aromatic carbocycles. The van der Waals surface area contributed by atoms with Crippen LogP contribution in [0.3, 0.4) is 0 Å². The van der Waals surface area contributed by atoms with Crippen LogP contribution in [0.4, 0.5) is 5.82 Å². The lowest BCUT2D eigenvalue weighted by Gasteiger charge is -2.32. The molecule has 5 heteroatoms. The zero-order valence-electron chi connectivity index (χ0n) is 13.0. The van der Waals surface area contributed by atoms with Crippen LogP contribution < -0.4 is 4.90 Å². The Bertz CT molecular complexity index is 669. The minimum absolute atomic E-state index is 0.622. The van der Waals surface area contributed by atoms with Gasteiger partial charge in [0.2, 0.25) is 0 Å². The molecule has 0 bridgehead atoms. The van der Waals surface area contributed by atoms with Gasteiger partial charge < -0.3 is 9.64 Å². The van der Waals surface area contributed by atoms with Crippen LogP contribution in [0.5, 0.6) is 0 Å². The van der Waals surface area contributed by atoms with Crippen LogP contribution >= 0.6 is 0 Å². The maximum Gasteiger partial charge on any atom is 0.150 e. The number of morpholine rings is 1. The van der Waals surface area contributed by atoms with E-state index in [0.29, 0.717) is 6.04 Å². The highest BCUT2D eigenvalue weighted by molar-refractivity contribution is 5.76. The molecule has 0 amide bonds. The Labute approximate surface area is 130 Å². The van der Waals surface area contributed by atoms with Crippen molar-refractivity contribution < 1.29 is 4.74 Å². The fourth-order valence-corrected chi connectivity index (χ4v) is 3.55. The smallest absolute Gasteiger partial charge is 0.150 e. The maximum absolute atomic E-state index is 5.46. The minimum atomic E-state index is 0.622. The fraction of sp³-hybridized carbons (Fsp3) is 0.529. The first-order chi connectivity index (χ1) is 10.8. The average Bonchev–Trinajstić information content (AvgIpc) is 3.05. The van der Waals surface area contributed by atoms with Crippen molar-refractivity contribution in [1.82, 2.24) is 14.9 Å². The molecule has 0 N–H and O–H groups in total. The molecule has 22 heavy (non-hydrogen) atoms. The van der Waals surface area contributed by atoms with Gasteiger partial charge in [0, 0.05) is 32.2 Å². The summed E-state index contributed by atoms with van der Waals surface area (Å²) in [6.45, 7) is 8.03. The summed E-state index contributed by atoms with van der Waals surface area (Å²) in [6, 6.07) is 8.73.